The van der Waals surface area contributed by atoms with E-state index < -0.39 is 0 Å². The first-order valence-corrected chi connectivity index (χ1v) is 9.67. The number of halogens is 1. The van der Waals surface area contributed by atoms with E-state index in [2.05, 4.69) is 34.1 Å². The average Bonchev–Trinajstić information content (AvgIpc) is 2.73. The molecule has 5 rings (SSSR count). The second-order valence-corrected chi connectivity index (χ2v) is 7.51. The van der Waals surface area contributed by atoms with Gasteiger partial charge in [0.15, 0.2) is 0 Å². The maximum absolute atomic E-state index is 11.7. The third-order valence-electron chi connectivity index (χ3n) is 4.77. The number of pyridine rings is 1. The van der Waals surface area contributed by atoms with Crippen LogP contribution in [-0.2, 0) is 0 Å². The molecule has 0 aliphatic carbocycles. The molecule has 2 heterocycles. The van der Waals surface area contributed by atoms with Gasteiger partial charge in [-0.2, -0.15) is 0 Å². The quantitative estimate of drug-likeness (QED) is 0.240. The predicted molar refractivity (Wildman–Crippen MR) is 116 cm³/mol. The Hall–Kier alpha value is -3.24. The highest BCUT2D eigenvalue weighted by Crippen LogP contribution is 2.34. The number of nitrogens with zero attached hydrogens (tertiary/aromatic N) is 1. The number of fused-ring (bicyclic) bond motifs is 2. The second-order valence-electron chi connectivity index (χ2n) is 6.59. The molecule has 0 saturated heterocycles. The van der Waals surface area contributed by atoms with Crippen LogP contribution in [0.4, 0.5) is 0 Å². The fourth-order valence-electron chi connectivity index (χ4n) is 3.41. The zero-order chi connectivity index (χ0) is 19.1. The fourth-order valence-corrected chi connectivity index (χ4v) is 3.68. The number of hydrogen-bond donors (Lipinski definition) is 0. The van der Waals surface area contributed by atoms with Crippen molar-refractivity contribution in [2.24, 2.45) is 0 Å². The minimum absolute atomic E-state index is 0.354. The van der Waals surface area contributed by atoms with Gasteiger partial charge in [0, 0.05) is 26.9 Å². The molecule has 0 spiro atoms. The predicted octanol–water partition coefficient (Wildman–Crippen LogP) is 6.44. The van der Waals surface area contributed by atoms with Gasteiger partial charge in [-0.25, -0.2) is 9.78 Å². The average molecular weight is 428 g/mol. The minimum atomic E-state index is -0.354. The molecular weight excluding hydrogens is 414 g/mol. The van der Waals surface area contributed by atoms with Crippen LogP contribution in [0.5, 0.6) is 0 Å². The lowest BCUT2D eigenvalue weighted by molar-refractivity contribution is 0.561. The van der Waals surface area contributed by atoms with Crippen LogP contribution >= 0.6 is 15.9 Å². The van der Waals surface area contributed by atoms with E-state index in [1.807, 2.05) is 54.6 Å². The molecule has 3 nitrogen and oxygen atoms in total. The molecule has 0 aliphatic rings. The van der Waals surface area contributed by atoms with Crippen molar-refractivity contribution in [1.82, 2.24) is 4.98 Å². The highest BCUT2D eigenvalue weighted by atomic mass is 79.9. The first-order chi connectivity index (χ1) is 13.7. The summed E-state index contributed by atoms with van der Waals surface area (Å²) in [5.74, 6) is 0. The molecule has 0 amide bonds. The van der Waals surface area contributed by atoms with Gasteiger partial charge in [0.1, 0.15) is 5.58 Å². The third-order valence-corrected chi connectivity index (χ3v) is 5.30. The molecule has 0 unspecified atom stereocenters. The highest BCUT2D eigenvalue weighted by Gasteiger charge is 2.12. The van der Waals surface area contributed by atoms with Crippen LogP contribution in [0.1, 0.15) is 0 Å². The molecule has 0 bridgehead atoms. The number of hydrogen-bond acceptors (Lipinski definition) is 3. The SMILES string of the molecule is O=c1ccc2cc3nc(-c4ccc(Br)cc4)cc(-c4ccccc4)c3cc2o1. The van der Waals surface area contributed by atoms with Crippen molar-refractivity contribution in [3.63, 3.8) is 0 Å². The van der Waals surface area contributed by atoms with Crippen molar-refractivity contribution in [1.29, 1.82) is 0 Å². The highest BCUT2D eigenvalue weighted by molar-refractivity contribution is 9.10. The van der Waals surface area contributed by atoms with Crippen molar-refractivity contribution in [3.05, 3.63) is 99.8 Å². The van der Waals surface area contributed by atoms with Crippen LogP contribution in [-0.4, -0.2) is 4.98 Å². The maximum Gasteiger partial charge on any atom is 0.336 e. The summed E-state index contributed by atoms with van der Waals surface area (Å²) in [5, 5.41) is 1.81. The van der Waals surface area contributed by atoms with Crippen LogP contribution in [0.3, 0.4) is 0 Å². The van der Waals surface area contributed by atoms with E-state index in [1.54, 1.807) is 6.07 Å². The summed E-state index contributed by atoms with van der Waals surface area (Å²) < 4.78 is 6.43. The topological polar surface area (TPSA) is 43.1 Å². The Bertz CT molecular complexity index is 1370. The Morgan fingerprint density at radius 2 is 1.57 bits per heavy atom. The second kappa shape index (κ2) is 6.73. The Kier molecular flexibility index (Phi) is 4.06. The lowest BCUT2D eigenvalue weighted by Gasteiger charge is -2.11. The van der Waals surface area contributed by atoms with E-state index in [-0.39, 0.29) is 5.63 Å². The molecule has 28 heavy (non-hydrogen) atoms. The molecule has 4 heteroatoms. The van der Waals surface area contributed by atoms with Gasteiger partial charge in [-0.05, 0) is 47.5 Å². The van der Waals surface area contributed by atoms with E-state index >= 15 is 0 Å². The number of aromatic nitrogens is 1. The molecule has 0 aliphatic heterocycles. The summed E-state index contributed by atoms with van der Waals surface area (Å²) in [5.41, 5.74) is 5.16. The monoisotopic (exact) mass is 427 g/mol. The normalized spacial score (nSPS) is 11.2. The van der Waals surface area contributed by atoms with Gasteiger partial charge in [-0.1, -0.05) is 58.4 Å². The molecule has 5 aromatic rings. The summed E-state index contributed by atoms with van der Waals surface area (Å²) >= 11 is 3.49. The number of rotatable bonds is 2. The minimum Gasteiger partial charge on any atom is -0.423 e. The molecule has 2 aromatic heterocycles. The molecule has 0 atom stereocenters. The lowest BCUT2D eigenvalue weighted by atomic mass is 9.97. The van der Waals surface area contributed by atoms with Crippen LogP contribution in [0, 0.1) is 0 Å². The van der Waals surface area contributed by atoms with Gasteiger partial charge in [-0.15, -0.1) is 0 Å². The van der Waals surface area contributed by atoms with Crippen LogP contribution in [0.2, 0.25) is 0 Å². The van der Waals surface area contributed by atoms with Crippen molar-refractivity contribution in [2.45, 2.75) is 0 Å². The summed E-state index contributed by atoms with van der Waals surface area (Å²) in [4.78, 5) is 16.6. The van der Waals surface area contributed by atoms with Gasteiger partial charge in [0.25, 0.3) is 0 Å². The standard InChI is InChI=1S/C24H14BrNO2/c25-18-9-6-16(7-10-18)21-13-19(15-4-2-1-3-5-15)20-14-23-17(12-22(20)26-21)8-11-24(27)28-23/h1-14H. The van der Waals surface area contributed by atoms with Crippen LogP contribution in [0.25, 0.3) is 44.3 Å². The molecule has 0 saturated carbocycles. The fraction of sp³-hybridized carbons (Fsp3) is 0. The van der Waals surface area contributed by atoms with Gasteiger partial charge in [0.05, 0.1) is 11.2 Å². The lowest BCUT2D eigenvalue weighted by Crippen LogP contribution is -1.95. The van der Waals surface area contributed by atoms with Gasteiger partial charge >= 0.3 is 5.63 Å². The summed E-state index contributed by atoms with van der Waals surface area (Å²) in [6, 6.07) is 27.5. The molecule has 0 fully saturated rings. The van der Waals surface area contributed by atoms with E-state index in [4.69, 9.17) is 9.40 Å². The van der Waals surface area contributed by atoms with Crippen molar-refractivity contribution in [2.75, 3.05) is 0 Å². The summed E-state index contributed by atoms with van der Waals surface area (Å²) in [7, 11) is 0. The largest absolute Gasteiger partial charge is 0.423 e. The molecular formula is C24H14BrNO2. The summed E-state index contributed by atoms with van der Waals surface area (Å²) in [6.45, 7) is 0. The van der Waals surface area contributed by atoms with Gasteiger partial charge in [-0.3, -0.25) is 0 Å². The molecule has 0 N–H and O–H groups in total. The zero-order valence-corrected chi connectivity index (χ0v) is 16.3. The summed E-state index contributed by atoms with van der Waals surface area (Å²) in [6.07, 6.45) is 0. The Labute approximate surface area is 169 Å². The van der Waals surface area contributed by atoms with E-state index in [0.29, 0.717) is 5.58 Å². The van der Waals surface area contributed by atoms with E-state index in [1.165, 1.54) is 6.07 Å². The van der Waals surface area contributed by atoms with Gasteiger partial charge < -0.3 is 4.42 Å². The zero-order valence-electron chi connectivity index (χ0n) is 14.7. The van der Waals surface area contributed by atoms with E-state index in [0.717, 1.165) is 43.1 Å². The van der Waals surface area contributed by atoms with Crippen molar-refractivity contribution < 1.29 is 4.42 Å². The molecule has 134 valence electrons. The smallest absolute Gasteiger partial charge is 0.336 e. The Morgan fingerprint density at radius 3 is 2.36 bits per heavy atom. The van der Waals surface area contributed by atoms with Crippen molar-refractivity contribution >= 4 is 37.8 Å². The number of benzene rings is 3. The Balaban J connectivity index is 1.86. The molecule has 3 aromatic carbocycles. The van der Waals surface area contributed by atoms with E-state index in [9.17, 15) is 4.79 Å². The van der Waals surface area contributed by atoms with Crippen LogP contribution < -0.4 is 5.63 Å². The van der Waals surface area contributed by atoms with Gasteiger partial charge in [0.2, 0.25) is 0 Å². The maximum atomic E-state index is 11.7. The Morgan fingerprint density at radius 1 is 0.786 bits per heavy atom. The first kappa shape index (κ1) is 16.9. The molecule has 0 radical (unpaired) electrons. The third kappa shape index (κ3) is 3.02. The van der Waals surface area contributed by atoms with Crippen molar-refractivity contribution in [3.8, 4) is 22.4 Å². The van der Waals surface area contributed by atoms with Crippen LogP contribution in [0.15, 0.2) is 98.6 Å². The first-order valence-electron chi connectivity index (χ1n) is 8.87.